The van der Waals surface area contributed by atoms with Crippen LogP contribution in [0.2, 0.25) is 0 Å². The van der Waals surface area contributed by atoms with Crippen LogP contribution in [-0.2, 0) is 16.0 Å². The highest BCUT2D eigenvalue weighted by Gasteiger charge is 2.30. The van der Waals surface area contributed by atoms with Crippen LogP contribution in [0, 0.1) is 0 Å². The molecule has 0 bridgehead atoms. The van der Waals surface area contributed by atoms with Gasteiger partial charge in [-0.1, -0.05) is 31.2 Å². The smallest absolute Gasteiger partial charge is 0.191 e. The minimum Gasteiger partial charge on any atom is -0.358 e. The summed E-state index contributed by atoms with van der Waals surface area (Å²) in [5, 5.41) is 0. The second kappa shape index (κ2) is 3.30. The molecule has 0 aliphatic carbocycles. The maximum Gasteiger partial charge on any atom is 0.191 e. The Kier molecular flexibility index (Phi) is 2.15. The van der Waals surface area contributed by atoms with Crippen LogP contribution in [0.25, 0.3) is 0 Å². The Morgan fingerprint density at radius 3 is 2.46 bits per heavy atom. The molecule has 1 heterocycles. The normalized spacial score (nSPS) is 21.3. The van der Waals surface area contributed by atoms with E-state index in [1.165, 1.54) is 5.56 Å². The van der Waals surface area contributed by atoms with E-state index < -0.39 is 0 Å². The fourth-order valence-electron chi connectivity index (χ4n) is 1.44. The van der Waals surface area contributed by atoms with Gasteiger partial charge in [-0.2, -0.15) is 0 Å². The van der Waals surface area contributed by atoms with E-state index in [2.05, 4.69) is 6.92 Å². The van der Waals surface area contributed by atoms with Crippen molar-refractivity contribution in [1.29, 1.82) is 0 Å². The molecule has 1 unspecified atom stereocenters. The standard InChI is InChI=1S/C11H12O2/c1-2-8-3-5-9(6-4-8)11-10(12)7-13-11/h3-6,11H,2,7H2,1H3. The lowest BCUT2D eigenvalue weighted by Gasteiger charge is -2.24. The van der Waals surface area contributed by atoms with Gasteiger partial charge in [0.2, 0.25) is 0 Å². The molecule has 0 N–H and O–H groups in total. The molecule has 1 fully saturated rings. The molecule has 1 saturated heterocycles. The monoisotopic (exact) mass is 176 g/mol. The van der Waals surface area contributed by atoms with Crippen LogP contribution in [0.3, 0.4) is 0 Å². The van der Waals surface area contributed by atoms with Gasteiger partial charge < -0.3 is 4.74 Å². The van der Waals surface area contributed by atoms with Crippen molar-refractivity contribution in [2.75, 3.05) is 6.61 Å². The first-order valence-corrected chi connectivity index (χ1v) is 4.54. The molecule has 13 heavy (non-hydrogen) atoms. The van der Waals surface area contributed by atoms with E-state index in [0.29, 0.717) is 0 Å². The topological polar surface area (TPSA) is 26.3 Å². The molecule has 0 aromatic heterocycles. The van der Waals surface area contributed by atoms with E-state index in [1.54, 1.807) is 0 Å². The Balaban J connectivity index is 2.18. The van der Waals surface area contributed by atoms with E-state index in [-0.39, 0.29) is 18.5 Å². The van der Waals surface area contributed by atoms with Crippen molar-refractivity contribution in [3.8, 4) is 0 Å². The van der Waals surface area contributed by atoms with Crippen LogP contribution in [0.4, 0.5) is 0 Å². The van der Waals surface area contributed by atoms with E-state index in [9.17, 15) is 4.79 Å². The molecule has 1 aromatic carbocycles. The fraction of sp³-hybridized carbons (Fsp3) is 0.364. The van der Waals surface area contributed by atoms with Crippen molar-refractivity contribution >= 4 is 5.78 Å². The maximum atomic E-state index is 11.1. The number of ketones is 1. The van der Waals surface area contributed by atoms with Crippen molar-refractivity contribution in [2.45, 2.75) is 19.4 Å². The third-order valence-electron chi connectivity index (χ3n) is 2.38. The van der Waals surface area contributed by atoms with Gasteiger partial charge in [0.05, 0.1) is 0 Å². The first kappa shape index (κ1) is 8.45. The van der Waals surface area contributed by atoms with Crippen molar-refractivity contribution < 1.29 is 9.53 Å². The summed E-state index contributed by atoms with van der Waals surface area (Å²) in [6.07, 6.45) is 0.741. The number of ether oxygens (including phenoxy) is 1. The average molecular weight is 176 g/mol. The zero-order valence-electron chi connectivity index (χ0n) is 7.62. The van der Waals surface area contributed by atoms with Crippen LogP contribution in [0.15, 0.2) is 24.3 Å². The largest absolute Gasteiger partial charge is 0.358 e. The SMILES string of the molecule is CCc1ccc(C2OCC2=O)cc1. The van der Waals surface area contributed by atoms with Gasteiger partial charge in [0.1, 0.15) is 12.7 Å². The third-order valence-corrected chi connectivity index (χ3v) is 2.38. The number of carbonyl (C=O) groups excluding carboxylic acids is 1. The maximum absolute atomic E-state index is 11.1. The van der Waals surface area contributed by atoms with Crippen molar-refractivity contribution in [2.24, 2.45) is 0 Å². The van der Waals surface area contributed by atoms with Crippen LogP contribution in [0.5, 0.6) is 0 Å². The van der Waals surface area contributed by atoms with Crippen LogP contribution >= 0.6 is 0 Å². The molecular weight excluding hydrogens is 164 g/mol. The Bertz CT molecular complexity index is 313. The molecule has 1 aliphatic rings. The number of rotatable bonds is 2. The third kappa shape index (κ3) is 1.49. The first-order chi connectivity index (χ1) is 6.31. The Morgan fingerprint density at radius 1 is 1.38 bits per heavy atom. The number of benzene rings is 1. The van der Waals surface area contributed by atoms with E-state index >= 15 is 0 Å². The average Bonchev–Trinajstić information content (AvgIpc) is 2.17. The zero-order chi connectivity index (χ0) is 9.26. The van der Waals surface area contributed by atoms with Gasteiger partial charge in [-0.3, -0.25) is 4.79 Å². The molecule has 1 atom stereocenters. The van der Waals surface area contributed by atoms with Gasteiger partial charge in [-0.25, -0.2) is 0 Å². The van der Waals surface area contributed by atoms with Gasteiger partial charge in [0.25, 0.3) is 0 Å². The number of aryl methyl sites for hydroxylation is 1. The summed E-state index contributed by atoms with van der Waals surface area (Å²) in [6.45, 7) is 2.39. The molecule has 2 nitrogen and oxygen atoms in total. The Hall–Kier alpha value is -1.15. The van der Waals surface area contributed by atoms with Crippen molar-refractivity contribution in [3.05, 3.63) is 35.4 Å². The first-order valence-electron chi connectivity index (χ1n) is 4.54. The summed E-state index contributed by atoms with van der Waals surface area (Å²) in [5.74, 6) is 0.184. The van der Waals surface area contributed by atoms with Crippen LogP contribution in [0.1, 0.15) is 24.2 Å². The predicted octanol–water partition coefficient (Wildman–Crippen LogP) is 1.89. The molecule has 0 spiro atoms. The Labute approximate surface area is 77.5 Å². The van der Waals surface area contributed by atoms with Gasteiger partial charge >= 0.3 is 0 Å². The number of carbonyl (C=O) groups is 1. The highest BCUT2D eigenvalue weighted by Crippen LogP contribution is 2.25. The van der Waals surface area contributed by atoms with Gasteiger partial charge in [-0.05, 0) is 17.5 Å². The van der Waals surface area contributed by atoms with Gasteiger partial charge in [-0.15, -0.1) is 0 Å². The molecule has 1 aromatic rings. The molecule has 68 valence electrons. The van der Waals surface area contributed by atoms with E-state index in [0.717, 1.165) is 12.0 Å². The second-order valence-corrected chi connectivity index (χ2v) is 3.25. The lowest BCUT2D eigenvalue weighted by molar-refractivity contribution is -0.155. The summed E-state index contributed by atoms with van der Waals surface area (Å²) in [5.41, 5.74) is 2.27. The molecule has 2 rings (SSSR count). The molecular formula is C11H12O2. The zero-order valence-corrected chi connectivity index (χ0v) is 7.62. The summed E-state index contributed by atoms with van der Waals surface area (Å²) < 4.78 is 5.15. The highest BCUT2D eigenvalue weighted by molar-refractivity contribution is 5.89. The lowest BCUT2D eigenvalue weighted by atomic mass is 10.0. The summed E-state index contributed by atoms with van der Waals surface area (Å²) in [7, 11) is 0. The number of Topliss-reactive ketones (excluding diaryl/α,β-unsaturated/α-hetero) is 1. The minimum atomic E-state index is -0.286. The lowest BCUT2D eigenvalue weighted by Crippen LogP contribution is -2.32. The highest BCUT2D eigenvalue weighted by atomic mass is 16.5. The summed E-state index contributed by atoms with van der Waals surface area (Å²) in [6, 6.07) is 8.04. The molecule has 0 radical (unpaired) electrons. The van der Waals surface area contributed by atoms with Crippen LogP contribution < -0.4 is 0 Å². The quantitative estimate of drug-likeness (QED) is 0.687. The van der Waals surface area contributed by atoms with E-state index in [1.807, 2.05) is 24.3 Å². The predicted molar refractivity (Wildman–Crippen MR) is 49.5 cm³/mol. The van der Waals surface area contributed by atoms with Gasteiger partial charge in [0, 0.05) is 0 Å². The molecule has 1 aliphatic heterocycles. The van der Waals surface area contributed by atoms with Gasteiger partial charge in [0.15, 0.2) is 5.78 Å². The summed E-state index contributed by atoms with van der Waals surface area (Å²) in [4.78, 5) is 11.1. The molecule has 2 heteroatoms. The fourth-order valence-corrected chi connectivity index (χ4v) is 1.44. The minimum absolute atomic E-state index is 0.184. The Morgan fingerprint density at radius 2 is 2.08 bits per heavy atom. The van der Waals surface area contributed by atoms with Crippen molar-refractivity contribution in [3.63, 3.8) is 0 Å². The summed E-state index contributed by atoms with van der Waals surface area (Å²) >= 11 is 0. The second-order valence-electron chi connectivity index (χ2n) is 3.25. The van der Waals surface area contributed by atoms with Crippen LogP contribution in [-0.4, -0.2) is 12.4 Å². The van der Waals surface area contributed by atoms with Crippen molar-refractivity contribution in [1.82, 2.24) is 0 Å². The molecule has 0 saturated carbocycles. The number of hydrogen-bond donors (Lipinski definition) is 0. The van der Waals surface area contributed by atoms with E-state index in [4.69, 9.17) is 4.74 Å². The molecule has 0 amide bonds. The number of hydrogen-bond acceptors (Lipinski definition) is 2.